The van der Waals surface area contributed by atoms with Crippen LogP contribution >= 0.6 is 0 Å². The van der Waals surface area contributed by atoms with E-state index in [0.717, 1.165) is 22.2 Å². The van der Waals surface area contributed by atoms with Gasteiger partial charge in [-0.2, -0.15) is 10.4 Å². The number of anilines is 1. The molecule has 5 nitrogen and oxygen atoms in total. The van der Waals surface area contributed by atoms with Crippen LogP contribution in [0.25, 0.3) is 10.9 Å². The Kier molecular flexibility index (Phi) is 2.69. The molecule has 0 saturated carbocycles. The van der Waals surface area contributed by atoms with Gasteiger partial charge in [-0.3, -0.25) is 5.10 Å². The fraction of sp³-hybridized carbons (Fsp3) is 0.143. The van der Waals surface area contributed by atoms with E-state index in [4.69, 9.17) is 5.26 Å². The minimum Gasteiger partial charge on any atom is -0.381 e. The number of nitrogens with zero attached hydrogens (tertiary/aromatic N) is 3. The zero-order valence-electron chi connectivity index (χ0n) is 10.5. The SMILES string of the molecule is Cn1cc(CNc2ccc3cn[nH]c3c2)cc1C#N. The molecule has 5 heteroatoms. The van der Waals surface area contributed by atoms with Crippen molar-refractivity contribution in [2.75, 3.05) is 5.32 Å². The second-order valence-corrected chi connectivity index (χ2v) is 4.48. The van der Waals surface area contributed by atoms with Gasteiger partial charge in [-0.05, 0) is 29.8 Å². The molecule has 0 atom stereocenters. The van der Waals surface area contributed by atoms with Crippen LogP contribution in [0.1, 0.15) is 11.3 Å². The number of hydrogen-bond acceptors (Lipinski definition) is 3. The molecule has 0 amide bonds. The van der Waals surface area contributed by atoms with Crippen molar-refractivity contribution in [2.24, 2.45) is 7.05 Å². The van der Waals surface area contributed by atoms with E-state index in [0.29, 0.717) is 12.2 Å². The molecule has 3 rings (SSSR count). The highest BCUT2D eigenvalue weighted by Gasteiger charge is 2.03. The average molecular weight is 251 g/mol. The summed E-state index contributed by atoms with van der Waals surface area (Å²) in [6, 6.07) is 10.1. The van der Waals surface area contributed by atoms with Crippen LogP contribution in [0.4, 0.5) is 5.69 Å². The third-order valence-corrected chi connectivity index (χ3v) is 3.11. The highest BCUT2D eigenvalue weighted by molar-refractivity contribution is 5.81. The minimum atomic E-state index is 0.667. The van der Waals surface area contributed by atoms with Gasteiger partial charge in [0, 0.05) is 30.9 Å². The maximum Gasteiger partial charge on any atom is 0.120 e. The lowest BCUT2D eigenvalue weighted by atomic mass is 10.2. The van der Waals surface area contributed by atoms with Gasteiger partial charge in [0.25, 0.3) is 0 Å². The molecule has 0 radical (unpaired) electrons. The van der Waals surface area contributed by atoms with Crippen molar-refractivity contribution in [2.45, 2.75) is 6.54 Å². The summed E-state index contributed by atoms with van der Waals surface area (Å²) in [6.07, 6.45) is 3.76. The Labute approximate surface area is 110 Å². The fourth-order valence-corrected chi connectivity index (χ4v) is 2.09. The predicted octanol–water partition coefficient (Wildman–Crippen LogP) is 2.39. The number of fused-ring (bicyclic) bond motifs is 1. The summed E-state index contributed by atoms with van der Waals surface area (Å²) in [6.45, 7) is 0.690. The zero-order chi connectivity index (χ0) is 13.2. The number of aromatic nitrogens is 3. The quantitative estimate of drug-likeness (QED) is 0.751. The van der Waals surface area contributed by atoms with E-state index in [1.54, 1.807) is 6.20 Å². The topological polar surface area (TPSA) is 69.4 Å². The molecule has 0 fully saturated rings. The van der Waals surface area contributed by atoms with Gasteiger partial charge in [-0.25, -0.2) is 0 Å². The van der Waals surface area contributed by atoms with Crippen molar-refractivity contribution in [1.82, 2.24) is 14.8 Å². The smallest absolute Gasteiger partial charge is 0.120 e. The maximum atomic E-state index is 8.91. The van der Waals surface area contributed by atoms with Gasteiger partial charge >= 0.3 is 0 Å². The second-order valence-electron chi connectivity index (χ2n) is 4.48. The van der Waals surface area contributed by atoms with Crippen LogP contribution in [-0.4, -0.2) is 14.8 Å². The molecule has 0 spiro atoms. The average Bonchev–Trinajstić information content (AvgIpc) is 3.01. The fourth-order valence-electron chi connectivity index (χ4n) is 2.09. The van der Waals surface area contributed by atoms with Crippen LogP contribution in [0.3, 0.4) is 0 Å². The molecule has 2 N–H and O–H groups in total. The Morgan fingerprint density at radius 2 is 2.32 bits per heavy atom. The van der Waals surface area contributed by atoms with Gasteiger partial charge in [-0.1, -0.05) is 0 Å². The van der Waals surface area contributed by atoms with E-state index >= 15 is 0 Å². The van der Waals surface area contributed by atoms with E-state index in [2.05, 4.69) is 21.6 Å². The minimum absolute atomic E-state index is 0.667. The summed E-state index contributed by atoms with van der Waals surface area (Å²) >= 11 is 0. The molecular weight excluding hydrogens is 238 g/mol. The van der Waals surface area contributed by atoms with Crippen molar-refractivity contribution in [3.63, 3.8) is 0 Å². The third kappa shape index (κ3) is 2.16. The molecule has 2 heterocycles. The number of aryl methyl sites for hydroxylation is 1. The predicted molar refractivity (Wildman–Crippen MR) is 73.5 cm³/mol. The van der Waals surface area contributed by atoms with Gasteiger partial charge in [0.1, 0.15) is 11.8 Å². The van der Waals surface area contributed by atoms with E-state index in [9.17, 15) is 0 Å². The number of nitriles is 1. The van der Waals surface area contributed by atoms with Crippen LogP contribution in [0.2, 0.25) is 0 Å². The summed E-state index contributed by atoms with van der Waals surface area (Å²) in [5.41, 5.74) is 3.79. The number of rotatable bonds is 3. The first-order chi connectivity index (χ1) is 9.26. The Morgan fingerprint density at radius 3 is 3.11 bits per heavy atom. The summed E-state index contributed by atoms with van der Waals surface area (Å²) < 4.78 is 1.83. The van der Waals surface area contributed by atoms with Gasteiger partial charge in [0.15, 0.2) is 0 Å². The number of nitrogens with one attached hydrogen (secondary N) is 2. The van der Waals surface area contributed by atoms with Crippen molar-refractivity contribution >= 4 is 16.6 Å². The number of H-pyrrole nitrogens is 1. The molecule has 0 aliphatic carbocycles. The molecule has 0 aliphatic heterocycles. The van der Waals surface area contributed by atoms with E-state index in [1.807, 2.05) is 42.1 Å². The zero-order valence-corrected chi connectivity index (χ0v) is 10.5. The van der Waals surface area contributed by atoms with Gasteiger partial charge in [-0.15, -0.1) is 0 Å². The number of aromatic amines is 1. The maximum absolute atomic E-state index is 8.91. The monoisotopic (exact) mass is 251 g/mol. The molecule has 0 saturated heterocycles. The lowest BCUT2D eigenvalue weighted by Crippen LogP contribution is -1.98. The highest BCUT2D eigenvalue weighted by Crippen LogP contribution is 2.17. The first kappa shape index (κ1) is 11.4. The van der Waals surface area contributed by atoms with E-state index < -0.39 is 0 Å². The molecule has 94 valence electrons. The Bertz CT molecular complexity index is 760. The largest absolute Gasteiger partial charge is 0.381 e. The van der Waals surface area contributed by atoms with Gasteiger partial charge in [0.05, 0.1) is 11.7 Å². The molecular formula is C14H13N5. The first-order valence-electron chi connectivity index (χ1n) is 5.98. The van der Waals surface area contributed by atoms with Crippen molar-refractivity contribution in [1.29, 1.82) is 5.26 Å². The van der Waals surface area contributed by atoms with Crippen LogP contribution in [-0.2, 0) is 13.6 Å². The third-order valence-electron chi connectivity index (χ3n) is 3.11. The lowest BCUT2D eigenvalue weighted by Gasteiger charge is -2.04. The Balaban J connectivity index is 1.76. The molecule has 0 aliphatic rings. The molecule has 0 unspecified atom stereocenters. The van der Waals surface area contributed by atoms with E-state index in [-0.39, 0.29) is 0 Å². The van der Waals surface area contributed by atoms with Crippen molar-refractivity contribution < 1.29 is 0 Å². The normalized spacial score (nSPS) is 10.5. The summed E-state index contributed by atoms with van der Waals surface area (Å²) in [5.74, 6) is 0. The van der Waals surface area contributed by atoms with Crippen molar-refractivity contribution in [3.05, 3.63) is 47.9 Å². The van der Waals surface area contributed by atoms with Gasteiger partial charge < -0.3 is 9.88 Å². The number of hydrogen-bond donors (Lipinski definition) is 2. The molecule has 3 aromatic rings. The van der Waals surface area contributed by atoms with Crippen LogP contribution in [0, 0.1) is 11.3 Å². The Morgan fingerprint density at radius 1 is 1.42 bits per heavy atom. The molecule has 19 heavy (non-hydrogen) atoms. The molecule has 1 aromatic carbocycles. The Hall–Kier alpha value is -2.74. The molecule has 0 bridgehead atoms. The lowest BCUT2D eigenvalue weighted by molar-refractivity contribution is 0.902. The summed E-state index contributed by atoms with van der Waals surface area (Å²) in [7, 11) is 1.87. The highest BCUT2D eigenvalue weighted by atomic mass is 15.1. The molecule has 2 aromatic heterocycles. The second kappa shape index (κ2) is 4.50. The van der Waals surface area contributed by atoms with Crippen LogP contribution in [0.5, 0.6) is 0 Å². The standard InChI is InChI=1S/C14H13N5/c1-19-9-10(4-13(19)6-15)7-16-12-3-2-11-8-17-18-14(11)5-12/h2-5,8-9,16H,7H2,1H3,(H,17,18). The van der Waals surface area contributed by atoms with Crippen LogP contribution in [0.15, 0.2) is 36.7 Å². The summed E-state index contributed by atoms with van der Waals surface area (Å²) in [4.78, 5) is 0. The van der Waals surface area contributed by atoms with Gasteiger partial charge in [0.2, 0.25) is 0 Å². The van der Waals surface area contributed by atoms with Crippen LogP contribution < -0.4 is 5.32 Å². The summed E-state index contributed by atoms with van der Waals surface area (Å²) in [5, 5.41) is 20.3. The van der Waals surface area contributed by atoms with Crippen molar-refractivity contribution in [3.8, 4) is 6.07 Å². The first-order valence-corrected chi connectivity index (χ1v) is 5.98. The number of benzene rings is 1. The van der Waals surface area contributed by atoms with E-state index in [1.165, 1.54) is 0 Å².